The van der Waals surface area contributed by atoms with Crippen molar-refractivity contribution in [2.45, 2.75) is 38.9 Å². The number of carbonyl (C=O) groups is 2. The topological polar surface area (TPSA) is 71.5 Å². The lowest BCUT2D eigenvalue weighted by molar-refractivity contribution is -0.149. The number of nitrogens with zero attached hydrogens (tertiary/aromatic N) is 2. The van der Waals surface area contributed by atoms with E-state index in [0.717, 1.165) is 5.56 Å². The fourth-order valence-corrected chi connectivity index (χ4v) is 2.20. The second-order valence-corrected chi connectivity index (χ2v) is 4.82. The molecule has 1 N–H and O–H groups in total. The van der Waals surface area contributed by atoms with Gasteiger partial charge in [0.2, 0.25) is 17.7 Å². The third-order valence-electron chi connectivity index (χ3n) is 3.51. The van der Waals surface area contributed by atoms with Gasteiger partial charge in [-0.05, 0) is 18.9 Å². The summed E-state index contributed by atoms with van der Waals surface area (Å²) in [7, 11) is 1.55. The van der Waals surface area contributed by atoms with Gasteiger partial charge in [0.25, 0.3) is 0 Å². The summed E-state index contributed by atoms with van der Waals surface area (Å²) in [6, 6.07) is 2.70. The molecule has 1 aromatic heterocycles. The predicted octanol–water partition coefficient (Wildman–Crippen LogP) is 0.716. The minimum absolute atomic E-state index is 0.0459. The van der Waals surface area contributed by atoms with Crippen LogP contribution in [0.3, 0.4) is 0 Å². The normalized spacial score (nSPS) is 22.6. The fourth-order valence-electron chi connectivity index (χ4n) is 2.20. The summed E-state index contributed by atoms with van der Waals surface area (Å²) >= 11 is 0. The summed E-state index contributed by atoms with van der Waals surface area (Å²) in [6.07, 6.45) is 2.25. The van der Waals surface area contributed by atoms with Gasteiger partial charge in [0.15, 0.2) is 0 Å². The van der Waals surface area contributed by atoms with Gasteiger partial charge in [-0.1, -0.05) is 13.0 Å². The molecule has 2 heterocycles. The van der Waals surface area contributed by atoms with Crippen molar-refractivity contribution in [3.8, 4) is 5.88 Å². The van der Waals surface area contributed by atoms with Crippen LogP contribution in [0.25, 0.3) is 0 Å². The standard InChI is InChI=1S/C14H19N3O3/c1-4-11-14(19)17(9(2)13(18)16-11)8-10-5-6-12(20-3)15-7-10/h5-7,9,11H,4,8H2,1-3H3,(H,16,18). The molecular formula is C14H19N3O3. The van der Waals surface area contributed by atoms with Crippen LogP contribution >= 0.6 is 0 Å². The highest BCUT2D eigenvalue weighted by molar-refractivity contribution is 5.96. The zero-order chi connectivity index (χ0) is 14.7. The summed E-state index contributed by atoms with van der Waals surface area (Å²) in [5.41, 5.74) is 0.871. The minimum atomic E-state index is -0.465. The molecule has 2 atom stereocenters. The van der Waals surface area contributed by atoms with E-state index in [-0.39, 0.29) is 11.8 Å². The molecule has 6 heteroatoms. The lowest BCUT2D eigenvalue weighted by Gasteiger charge is -2.37. The van der Waals surface area contributed by atoms with Gasteiger partial charge in [0.1, 0.15) is 12.1 Å². The number of methoxy groups -OCH3 is 1. The summed E-state index contributed by atoms with van der Waals surface area (Å²) in [5.74, 6) is 0.365. The molecule has 2 unspecified atom stereocenters. The Kier molecular flexibility index (Phi) is 4.22. The highest BCUT2D eigenvalue weighted by Crippen LogP contribution is 2.16. The van der Waals surface area contributed by atoms with Crippen molar-refractivity contribution in [1.29, 1.82) is 0 Å². The van der Waals surface area contributed by atoms with Crippen molar-refractivity contribution >= 4 is 11.8 Å². The Morgan fingerprint density at radius 1 is 1.40 bits per heavy atom. The molecule has 0 aromatic carbocycles. The summed E-state index contributed by atoms with van der Waals surface area (Å²) in [5, 5.41) is 2.73. The first-order valence-electron chi connectivity index (χ1n) is 6.66. The molecule has 6 nitrogen and oxygen atoms in total. The molecule has 1 aliphatic rings. The van der Waals surface area contributed by atoms with E-state index in [0.29, 0.717) is 18.8 Å². The number of ether oxygens (including phenoxy) is 1. The van der Waals surface area contributed by atoms with Crippen molar-refractivity contribution in [3.05, 3.63) is 23.9 Å². The smallest absolute Gasteiger partial charge is 0.246 e. The molecule has 2 amide bonds. The van der Waals surface area contributed by atoms with Crippen LogP contribution in [0.15, 0.2) is 18.3 Å². The number of pyridine rings is 1. The molecule has 0 saturated carbocycles. The van der Waals surface area contributed by atoms with Crippen molar-refractivity contribution in [1.82, 2.24) is 15.2 Å². The van der Waals surface area contributed by atoms with Gasteiger partial charge in [0, 0.05) is 18.8 Å². The molecule has 0 aliphatic carbocycles. The van der Waals surface area contributed by atoms with Gasteiger partial charge in [-0.2, -0.15) is 0 Å². The molecule has 1 saturated heterocycles. The van der Waals surface area contributed by atoms with E-state index >= 15 is 0 Å². The minimum Gasteiger partial charge on any atom is -0.481 e. The van der Waals surface area contributed by atoms with Gasteiger partial charge in [0.05, 0.1) is 7.11 Å². The molecule has 20 heavy (non-hydrogen) atoms. The maximum Gasteiger partial charge on any atom is 0.246 e. The fraction of sp³-hybridized carbons (Fsp3) is 0.500. The number of hydrogen-bond donors (Lipinski definition) is 1. The van der Waals surface area contributed by atoms with E-state index in [9.17, 15) is 9.59 Å². The van der Waals surface area contributed by atoms with Crippen LogP contribution in [0.1, 0.15) is 25.8 Å². The predicted molar refractivity (Wildman–Crippen MR) is 73.0 cm³/mol. The number of piperazine rings is 1. The van der Waals surface area contributed by atoms with Gasteiger partial charge >= 0.3 is 0 Å². The quantitative estimate of drug-likeness (QED) is 0.880. The first kappa shape index (κ1) is 14.3. The van der Waals surface area contributed by atoms with Crippen LogP contribution < -0.4 is 10.1 Å². The van der Waals surface area contributed by atoms with E-state index in [1.807, 2.05) is 13.0 Å². The zero-order valence-corrected chi connectivity index (χ0v) is 11.9. The number of carbonyl (C=O) groups excluding carboxylic acids is 2. The van der Waals surface area contributed by atoms with Crippen LogP contribution in [0, 0.1) is 0 Å². The van der Waals surface area contributed by atoms with E-state index in [1.165, 1.54) is 0 Å². The van der Waals surface area contributed by atoms with Crippen LogP contribution in [0.5, 0.6) is 5.88 Å². The molecule has 108 valence electrons. The lowest BCUT2D eigenvalue weighted by Crippen LogP contribution is -2.61. The Morgan fingerprint density at radius 2 is 2.15 bits per heavy atom. The van der Waals surface area contributed by atoms with Gasteiger partial charge in [-0.3, -0.25) is 9.59 Å². The molecule has 2 rings (SSSR count). The Morgan fingerprint density at radius 3 is 2.70 bits per heavy atom. The number of hydrogen-bond acceptors (Lipinski definition) is 4. The van der Waals surface area contributed by atoms with Gasteiger partial charge in [-0.15, -0.1) is 0 Å². The summed E-state index contributed by atoms with van der Waals surface area (Å²) in [4.78, 5) is 29.9. The number of rotatable bonds is 4. The maximum absolute atomic E-state index is 12.3. The third-order valence-corrected chi connectivity index (χ3v) is 3.51. The molecule has 0 bridgehead atoms. The first-order valence-corrected chi connectivity index (χ1v) is 6.66. The second-order valence-electron chi connectivity index (χ2n) is 4.82. The zero-order valence-electron chi connectivity index (χ0n) is 11.9. The molecule has 1 aliphatic heterocycles. The maximum atomic E-state index is 12.3. The average molecular weight is 277 g/mol. The molecule has 1 fully saturated rings. The Balaban J connectivity index is 2.16. The molecule has 0 radical (unpaired) electrons. The van der Waals surface area contributed by atoms with E-state index in [2.05, 4.69) is 10.3 Å². The van der Waals surface area contributed by atoms with Crippen molar-refractivity contribution in [3.63, 3.8) is 0 Å². The SMILES string of the molecule is CCC1NC(=O)C(C)N(Cc2ccc(OC)nc2)C1=O. The average Bonchev–Trinajstić information content (AvgIpc) is 2.48. The van der Waals surface area contributed by atoms with Gasteiger partial charge < -0.3 is 15.0 Å². The monoisotopic (exact) mass is 277 g/mol. The van der Waals surface area contributed by atoms with Gasteiger partial charge in [-0.25, -0.2) is 4.98 Å². The van der Waals surface area contributed by atoms with E-state index < -0.39 is 12.1 Å². The molecule has 1 aromatic rings. The van der Waals surface area contributed by atoms with Crippen molar-refractivity contribution in [2.24, 2.45) is 0 Å². The lowest BCUT2D eigenvalue weighted by atomic mass is 10.1. The summed E-state index contributed by atoms with van der Waals surface area (Å²) < 4.78 is 5.00. The van der Waals surface area contributed by atoms with Crippen LogP contribution in [-0.4, -0.2) is 40.9 Å². The Labute approximate surface area is 118 Å². The molecular weight excluding hydrogens is 258 g/mol. The highest BCUT2D eigenvalue weighted by atomic mass is 16.5. The van der Waals surface area contributed by atoms with Crippen LogP contribution in [0.2, 0.25) is 0 Å². The largest absolute Gasteiger partial charge is 0.481 e. The van der Waals surface area contributed by atoms with E-state index in [1.54, 1.807) is 31.2 Å². The molecule has 0 spiro atoms. The Hall–Kier alpha value is -2.11. The first-order chi connectivity index (χ1) is 9.56. The van der Waals surface area contributed by atoms with Crippen LogP contribution in [0.4, 0.5) is 0 Å². The highest BCUT2D eigenvalue weighted by Gasteiger charge is 2.36. The number of amides is 2. The third kappa shape index (κ3) is 2.74. The summed E-state index contributed by atoms with van der Waals surface area (Å²) in [6.45, 7) is 3.99. The van der Waals surface area contributed by atoms with E-state index in [4.69, 9.17) is 4.74 Å². The number of nitrogens with one attached hydrogen (secondary N) is 1. The van der Waals surface area contributed by atoms with Crippen LogP contribution in [-0.2, 0) is 16.1 Å². The van der Waals surface area contributed by atoms with Crippen molar-refractivity contribution < 1.29 is 14.3 Å². The Bertz CT molecular complexity index is 501. The number of aromatic nitrogens is 1. The second kappa shape index (κ2) is 5.90. The van der Waals surface area contributed by atoms with Crippen molar-refractivity contribution in [2.75, 3.05) is 7.11 Å².